The number of likely N-dealkylation sites (tertiary alicyclic amines) is 1. The summed E-state index contributed by atoms with van der Waals surface area (Å²) in [7, 11) is 1.95. The normalized spacial score (nSPS) is 15.4. The maximum atomic E-state index is 12.7. The predicted octanol–water partition coefficient (Wildman–Crippen LogP) is 2.08. The second kappa shape index (κ2) is 8.85. The van der Waals surface area contributed by atoms with E-state index in [1.54, 1.807) is 0 Å². The first kappa shape index (κ1) is 17.7. The Labute approximate surface area is 131 Å². The van der Waals surface area contributed by atoms with Gasteiger partial charge in [0.1, 0.15) is 11.6 Å². The summed E-state index contributed by atoms with van der Waals surface area (Å²) in [4.78, 5) is 13.9. The van der Waals surface area contributed by atoms with Crippen LogP contribution in [0, 0.1) is 11.7 Å². The van der Waals surface area contributed by atoms with Gasteiger partial charge < -0.3 is 15.0 Å². The van der Waals surface area contributed by atoms with E-state index < -0.39 is 0 Å². The van der Waals surface area contributed by atoms with E-state index >= 15 is 0 Å². The first-order chi connectivity index (χ1) is 9.69. The molecule has 1 aliphatic rings. The van der Waals surface area contributed by atoms with Gasteiger partial charge in [0.05, 0.1) is 0 Å². The number of benzene rings is 1. The van der Waals surface area contributed by atoms with Crippen molar-refractivity contribution in [3.05, 3.63) is 30.1 Å². The molecule has 2 rings (SSSR count). The second-order valence-corrected chi connectivity index (χ2v) is 5.12. The zero-order valence-corrected chi connectivity index (χ0v) is 13.0. The van der Waals surface area contributed by atoms with Crippen LogP contribution in [0.15, 0.2) is 24.3 Å². The molecular formula is C15H22ClFN2O2. The maximum absolute atomic E-state index is 12.7. The molecule has 0 saturated carbocycles. The Balaban J connectivity index is 0.00000220. The summed E-state index contributed by atoms with van der Waals surface area (Å²) in [6, 6.07) is 5.70. The highest BCUT2D eigenvalue weighted by molar-refractivity contribution is 5.85. The van der Waals surface area contributed by atoms with Crippen LogP contribution in [0.25, 0.3) is 0 Å². The fourth-order valence-electron chi connectivity index (χ4n) is 2.44. The average Bonchev–Trinajstić information content (AvgIpc) is 2.47. The number of nitrogens with zero attached hydrogens (tertiary/aromatic N) is 1. The number of piperidine rings is 1. The van der Waals surface area contributed by atoms with E-state index in [0.717, 1.165) is 32.5 Å². The Bertz CT molecular complexity index is 434. The van der Waals surface area contributed by atoms with Crippen molar-refractivity contribution in [2.75, 3.05) is 33.3 Å². The molecule has 0 aromatic heterocycles. The van der Waals surface area contributed by atoms with Crippen molar-refractivity contribution in [1.82, 2.24) is 10.2 Å². The van der Waals surface area contributed by atoms with Crippen LogP contribution in [0.2, 0.25) is 0 Å². The van der Waals surface area contributed by atoms with E-state index in [1.165, 1.54) is 24.3 Å². The SMILES string of the molecule is CNCC1CCN(C(=O)COc2ccc(F)cc2)CC1.Cl. The van der Waals surface area contributed by atoms with E-state index in [2.05, 4.69) is 5.32 Å². The highest BCUT2D eigenvalue weighted by Gasteiger charge is 2.22. The second-order valence-electron chi connectivity index (χ2n) is 5.12. The zero-order valence-electron chi connectivity index (χ0n) is 12.2. The van der Waals surface area contributed by atoms with Crippen molar-refractivity contribution < 1.29 is 13.9 Å². The Morgan fingerprint density at radius 2 is 1.95 bits per heavy atom. The number of hydrogen-bond donors (Lipinski definition) is 1. The van der Waals surface area contributed by atoms with Crippen molar-refractivity contribution in [3.63, 3.8) is 0 Å². The topological polar surface area (TPSA) is 41.6 Å². The van der Waals surface area contributed by atoms with Gasteiger partial charge in [0, 0.05) is 13.1 Å². The predicted molar refractivity (Wildman–Crippen MR) is 82.4 cm³/mol. The van der Waals surface area contributed by atoms with Gasteiger partial charge in [-0.25, -0.2) is 4.39 Å². The standard InChI is InChI=1S/C15H21FN2O2.ClH/c1-17-10-12-6-8-18(9-7-12)15(19)11-20-14-4-2-13(16)3-5-14;/h2-5,12,17H,6-11H2,1H3;1H. The van der Waals surface area contributed by atoms with Crippen LogP contribution < -0.4 is 10.1 Å². The van der Waals surface area contributed by atoms with Gasteiger partial charge in [0.25, 0.3) is 5.91 Å². The minimum absolute atomic E-state index is 0. The van der Waals surface area contributed by atoms with Gasteiger partial charge in [0.2, 0.25) is 0 Å². The third-order valence-electron chi connectivity index (χ3n) is 3.64. The summed E-state index contributed by atoms with van der Waals surface area (Å²) in [5.41, 5.74) is 0. The van der Waals surface area contributed by atoms with Gasteiger partial charge in [-0.05, 0) is 56.6 Å². The van der Waals surface area contributed by atoms with Crippen LogP contribution in [-0.4, -0.2) is 44.1 Å². The lowest BCUT2D eigenvalue weighted by atomic mass is 9.97. The maximum Gasteiger partial charge on any atom is 0.260 e. The molecule has 1 amide bonds. The Morgan fingerprint density at radius 1 is 1.33 bits per heavy atom. The molecule has 0 radical (unpaired) electrons. The third kappa shape index (κ3) is 5.52. The molecule has 1 aromatic rings. The number of carbonyl (C=O) groups excluding carboxylic acids is 1. The minimum Gasteiger partial charge on any atom is -0.484 e. The molecule has 21 heavy (non-hydrogen) atoms. The number of halogens is 2. The van der Waals surface area contributed by atoms with Crippen molar-refractivity contribution in [1.29, 1.82) is 0 Å². The molecule has 1 saturated heterocycles. The summed E-state index contributed by atoms with van der Waals surface area (Å²) in [6.45, 7) is 2.60. The molecule has 0 spiro atoms. The van der Waals surface area contributed by atoms with Crippen molar-refractivity contribution in [3.8, 4) is 5.75 Å². The van der Waals surface area contributed by atoms with E-state index in [0.29, 0.717) is 11.7 Å². The van der Waals surface area contributed by atoms with Crippen LogP contribution in [0.3, 0.4) is 0 Å². The summed E-state index contributed by atoms with van der Waals surface area (Å²) < 4.78 is 18.1. The molecule has 0 bridgehead atoms. The molecule has 0 atom stereocenters. The summed E-state index contributed by atoms with van der Waals surface area (Å²) in [5.74, 6) is 0.861. The minimum atomic E-state index is -0.310. The van der Waals surface area contributed by atoms with Crippen molar-refractivity contribution >= 4 is 18.3 Å². The summed E-state index contributed by atoms with van der Waals surface area (Å²) in [5, 5.41) is 3.17. The zero-order chi connectivity index (χ0) is 14.4. The number of rotatable bonds is 5. The number of carbonyl (C=O) groups is 1. The van der Waals surface area contributed by atoms with Gasteiger partial charge in [-0.2, -0.15) is 0 Å². The van der Waals surface area contributed by atoms with Crippen LogP contribution >= 0.6 is 12.4 Å². The van der Waals surface area contributed by atoms with Crippen LogP contribution in [0.5, 0.6) is 5.75 Å². The lowest BCUT2D eigenvalue weighted by Crippen LogP contribution is -2.42. The molecule has 1 heterocycles. The van der Waals surface area contributed by atoms with Gasteiger partial charge in [0.15, 0.2) is 6.61 Å². The number of nitrogens with one attached hydrogen (secondary N) is 1. The molecule has 0 aliphatic carbocycles. The highest BCUT2D eigenvalue weighted by Crippen LogP contribution is 2.17. The van der Waals surface area contributed by atoms with E-state index in [1.807, 2.05) is 11.9 Å². The Kier molecular flexibility index (Phi) is 7.47. The monoisotopic (exact) mass is 316 g/mol. The van der Waals surface area contributed by atoms with Gasteiger partial charge in [-0.1, -0.05) is 0 Å². The van der Waals surface area contributed by atoms with E-state index in [-0.39, 0.29) is 30.7 Å². The van der Waals surface area contributed by atoms with Crippen molar-refractivity contribution in [2.24, 2.45) is 5.92 Å². The van der Waals surface area contributed by atoms with Crippen molar-refractivity contribution in [2.45, 2.75) is 12.8 Å². The van der Waals surface area contributed by atoms with E-state index in [9.17, 15) is 9.18 Å². The fraction of sp³-hybridized carbons (Fsp3) is 0.533. The highest BCUT2D eigenvalue weighted by atomic mass is 35.5. The molecular weight excluding hydrogens is 295 g/mol. The first-order valence-electron chi connectivity index (χ1n) is 7.00. The molecule has 0 unspecified atom stereocenters. The number of hydrogen-bond acceptors (Lipinski definition) is 3. The van der Waals surface area contributed by atoms with E-state index in [4.69, 9.17) is 4.74 Å². The van der Waals surface area contributed by atoms with Crippen LogP contribution in [0.4, 0.5) is 4.39 Å². The Hall–Kier alpha value is -1.33. The summed E-state index contributed by atoms with van der Waals surface area (Å²) in [6.07, 6.45) is 2.06. The summed E-state index contributed by atoms with van der Waals surface area (Å²) >= 11 is 0. The molecule has 1 N–H and O–H groups in total. The molecule has 6 heteroatoms. The quantitative estimate of drug-likeness (QED) is 0.904. The van der Waals surface area contributed by atoms with Crippen LogP contribution in [0.1, 0.15) is 12.8 Å². The molecule has 4 nitrogen and oxygen atoms in total. The smallest absolute Gasteiger partial charge is 0.260 e. The fourth-order valence-corrected chi connectivity index (χ4v) is 2.44. The average molecular weight is 317 g/mol. The Morgan fingerprint density at radius 3 is 2.52 bits per heavy atom. The largest absolute Gasteiger partial charge is 0.484 e. The molecule has 1 aromatic carbocycles. The lowest BCUT2D eigenvalue weighted by Gasteiger charge is -2.31. The number of ether oxygens (including phenoxy) is 1. The lowest BCUT2D eigenvalue weighted by molar-refractivity contribution is -0.134. The van der Waals surface area contributed by atoms with Gasteiger partial charge in [-0.15, -0.1) is 12.4 Å². The van der Waals surface area contributed by atoms with Gasteiger partial charge in [-0.3, -0.25) is 4.79 Å². The van der Waals surface area contributed by atoms with Gasteiger partial charge >= 0.3 is 0 Å². The first-order valence-corrected chi connectivity index (χ1v) is 7.00. The third-order valence-corrected chi connectivity index (χ3v) is 3.64. The van der Waals surface area contributed by atoms with Crippen LogP contribution in [-0.2, 0) is 4.79 Å². The molecule has 118 valence electrons. The molecule has 1 fully saturated rings. The number of amides is 1. The molecule has 1 aliphatic heterocycles.